The Morgan fingerprint density at radius 1 is 1.35 bits per heavy atom. The van der Waals surface area contributed by atoms with Gasteiger partial charge in [0.1, 0.15) is 5.75 Å². The van der Waals surface area contributed by atoms with Crippen molar-refractivity contribution in [3.8, 4) is 5.75 Å². The van der Waals surface area contributed by atoms with Crippen LogP contribution in [0, 0.1) is 5.92 Å². The lowest BCUT2D eigenvalue weighted by molar-refractivity contribution is 0.320. The van der Waals surface area contributed by atoms with Crippen LogP contribution < -0.4 is 10.1 Å². The maximum absolute atomic E-state index is 5.20. The first kappa shape index (κ1) is 15.3. The van der Waals surface area contributed by atoms with Crippen LogP contribution in [0.4, 0.5) is 0 Å². The Balaban J connectivity index is 1.76. The molecule has 1 saturated heterocycles. The van der Waals surface area contributed by atoms with Crippen LogP contribution >= 0.6 is 0 Å². The average molecular weight is 276 g/mol. The molecule has 1 heterocycles. The van der Waals surface area contributed by atoms with Crippen molar-refractivity contribution in [1.82, 2.24) is 10.2 Å². The number of nitrogens with one attached hydrogen (secondary N) is 1. The highest BCUT2D eigenvalue weighted by Gasteiger charge is 2.21. The first-order valence-electron chi connectivity index (χ1n) is 7.82. The van der Waals surface area contributed by atoms with Gasteiger partial charge in [-0.05, 0) is 63.0 Å². The smallest absolute Gasteiger partial charge is 0.118 e. The maximum atomic E-state index is 5.20. The zero-order chi connectivity index (χ0) is 14.4. The fraction of sp³-hybridized carbons (Fsp3) is 0.647. The minimum Gasteiger partial charge on any atom is -0.497 e. The van der Waals surface area contributed by atoms with Crippen LogP contribution in [0.15, 0.2) is 24.3 Å². The molecule has 0 aliphatic carbocycles. The summed E-state index contributed by atoms with van der Waals surface area (Å²) in [5, 5.41) is 3.67. The van der Waals surface area contributed by atoms with E-state index < -0.39 is 0 Å². The number of hydrogen-bond acceptors (Lipinski definition) is 3. The second-order valence-corrected chi connectivity index (χ2v) is 5.86. The average Bonchev–Trinajstić information content (AvgIpc) is 2.93. The van der Waals surface area contributed by atoms with Gasteiger partial charge in [0, 0.05) is 12.6 Å². The van der Waals surface area contributed by atoms with Crippen molar-refractivity contribution in [2.24, 2.45) is 5.92 Å². The van der Waals surface area contributed by atoms with E-state index in [1.807, 2.05) is 12.1 Å². The summed E-state index contributed by atoms with van der Waals surface area (Å²) >= 11 is 0. The highest BCUT2D eigenvalue weighted by atomic mass is 16.5. The fourth-order valence-corrected chi connectivity index (χ4v) is 2.95. The second kappa shape index (κ2) is 7.65. The number of ether oxygens (including phenoxy) is 1. The standard InChI is InChI=1S/C17H28N2O/c1-4-10-19-11-9-15(13-19)12-18-14(2)16-5-7-17(20-3)8-6-16/h5-8,14-15,18H,4,9-13H2,1-3H3/t14-,15-/m0/s1. The van der Waals surface area contributed by atoms with Crippen molar-refractivity contribution in [2.45, 2.75) is 32.7 Å². The van der Waals surface area contributed by atoms with Crippen molar-refractivity contribution in [3.05, 3.63) is 29.8 Å². The molecular weight excluding hydrogens is 248 g/mol. The van der Waals surface area contributed by atoms with E-state index in [0.29, 0.717) is 6.04 Å². The van der Waals surface area contributed by atoms with Gasteiger partial charge in [0.15, 0.2) is 0 Å². The highest BCUT2D eigenvalue weighted by Crippen LogP contribution is 2.19. The minimum absolute atomic E-state index is 0.404. The molecule has 3 nitrogen and oxygen atoms in total. The van der Waals surface area contributed by atoms with Crippen molar-refractivity contribution in [2.75, 3.05) is 33.3 Å². The number of nitrogens with zero attached hydrogens (tertiary/aromatic N) is 1. The van der Waals surface area contributed by atoms with Gasteiger partial charge in [-0.15, -0.1) is 0 Å². The van der Waals surface area contributed by atoms with E-state index in [0.717, 1.165) is 18.2 Å². The van der Waals surface area contributed by atoms with Crippen LogP contribution in [0.2, 0.25) is 0 Å². The van der Waals surface area contributed by atoms with Crippen molar-refractivity contribution < 1.29 is 4.74 Å². The molecule has 2 atom stereocenters. The predicted molar refractivity (Wildman–Crippen MR) is 84.2 cm³/mol. The van der Waals surface area contributed by atoms with E-state index in [2.05, 4.69) is 36.2 Å². The minimum atomic E-state index is 0.404. The first-order valence-corrected chi connectivity index (χ1v) is 7.82. The molecule has 1 aromatic carbocycles. The molecule has 1 aliphatic heterocycles. The number of rotatable bonds is 7. The van der Waals surface area contributed by atoms with Gasteiger partial charge in [-0.2, -0.15) is 0 Å². The summed E-state index contributed by atoms with van der Waals surface area (Å²) in [5.41, 5.74) is 1.33. The van der Waals surface area contributed by atoms with Crippen molar-refractivity contribution in [3.63, 3.8) is 0 Å². The summed E-state index contributed by atoms with van der Waals surface area (Å²) in [4.78, 5) is 2.59. The Morgan fingerprint density at radius 3 is 2.75 bits per heavy atom. The molecule has 0 bridgehead atoms. The van der Waals surface area contributed by atoms with Crippen LogP contribution in [-0.2, 0) is 0 Å². The van der Waals surface area contributed by atoms with Gasteiger partial charge in [-0.3, -0.25) is 0 Å². The molecule has 20 heavy (non-hydrogen) atoms. The van der Waals surface area contributed by atoms with Crippen LogP contribution in [0.25, 0.3) is 0 Å². The molecule has 112 valence electrons. The van der Waals surface area contributed by atoms with Crippen LogP contribution in [0.3, 0.4) is 0 Å². The summed E-state index contributed by atoms with van der Waals surface area (Å²) in [7, 11) is 1.71. The molecule has 0 aromatic heterocycles. The molecule has 1 fully saturated rings. The third-order valence-corrected chi connectivity index (χ3v) is 4.24. The largest absolute Gasteiger partial charge is 0.497 e. The number of hydrogen-bond donors (Lipinski definition) is 1. The van der Waals surface area contributed by atoms with E-state index >= 15 is 0 Å². The van der Waals surface area contributed by atoms with E-state index in [4.69, 9.17) is 4.74 Å². The molecule has 1 N–H and O–H groups in total. The van der Waals surface area contributed by atoms with Gasteiger partial charge in [0.05, 0.1) is 7.11 Å². The van der Waals surface area contributed by atoms with E-state index in [-0.39, 0.29) is 0 Å². The van der Waals surface area contributed by atoms with Gasteiger partial charge in [0.2, 0.25) is 0 Å². The second-order valence-electron chi connectivity index (χ2n) is 5.86. The molecule has 0 spiro atoms. The van der Waals surface area contributed by atoms with Crippen LogP contribution in [0.1, 0.15) is 38.3 Å². The fourth-order valence-electron chi connectivity index (χ4n) is 2.95. The normalized spacial score (nSPS) is 21.1. The quantitative estimate of drug-likeness (QED) is 0.828. The lowest BCUT2D eigenvalue weighted by atomic mass is 10.1. The monoisotopic (exact) mass is 276 g/mol. The zero-order valence-electron chi connectivity index (χ0n) is 13.1. The third kappa shape index (κ3) is 4.22. The number of benzene rings is 1. The molecule has 1 aromatic rings. The predicted octanol–water partition coefficient (Wildman–Crippen LogP) is 3.08. The van der Waals surface area contributed by atoms with Gasteiger partial charge >= 0.3 is 0 Å². The molecule has 0 radical (unpaired) electrons. The van der Waals surface area contributed by atoms with Crippen LogP contribution in [0.5, 0.6) is 5.75 Å². The summed E-state index contributed by atoms with van der Waals surface area (Å²) in [6, 6.07) is 8.77. The summed E-state index contributed by atoms with van der Waals surface area (Å²) < 4.78 is 5.20. The number of likely N-dealkylation sites (tertiary alicyclic amines) is 1. The van der Waals surface area contributed by atoms with E-state index in [1.165, 1.54) is 38.0 Å². The number of methoxy groups -OCH3 is 1. The molecule has 3 heteroatoms. The summed E-state index contributed by atoms with van der Waals surface area (Å²) in [6.45, 7) is 9.41. The van der Waals surface area contributed by atoms with E-state index in [9.17, 15) is 0 Å². The molecule has 2 rings (SSSR count). The van der Waals surface area contributed by atoms with Gasteiger partial charge in [0.25, 0.3) is 0 Å². The van der Waals surface area contributed by atoms with Gasteiger partial charge in [-0.25, -0.2) is 0 Å². The highest BCUT2D eigenvalue weighted by molar-refractivity contribution is 5.28. The first-order chi connectivity index (χ1) is 9.72. The molecule has 0 amide bonds. The zero-order valence-corrected chi connectivity index (χ0v) is 13.1. The Bertz CT molecular complexity index is 390. The van der Waals surface area contributed by atoms with Gasteiger partial charge in [-0.1, -0.05) is 19.1 Å². The van der Waals surface area contributed by atoms with E-state index in [1.54, 1.807) is 7.11 Å². The Morgan fingerprint density at radius 2 is 2.10 bits per heavy atom. The van der Waals surface area contributed by atoms with Gasteiger partial charge < -0.3 is 15.0 Å². The molecule has 0 saturated carbocycles. The third-order valence-electron chi connectivity index (χ3n) is 4.24. The Hall–Kier alpha value is -1.06. The molecule has 0 unspecified atom stereocenters. The molecule has 1 aliphatic rings. The summed E-state index contributed by atoms with van der Waals surface area (Å²) in [6.07, 6.45) is 2.60. The lowest BCUT2D eigenvalue weighted by Crippen LogP contribution is -2.28. The lowest BCUT2D eigenvalue weighted by Gasteiger charge is -2.19. The molecular formula is C17H28N2O. The summed E-state index contributed by atoms with van der Waals surface area (Å²) in [5.74, 6) is 1.73. The maximum Gasteiger partial charge on any atom is 0.118 e. The van der Waals surface area contributed by atoms with Crippen LogP contribution in [-0.4, -0.2) is 38.2 Å². The van der Waals surface area contributed by atoms with Crippen molar-refractivity contribution >= 4 is 0 Å². The Labute approximate surface area is 123 Å². The van der Waals surface area contributed by atoms with Crippen molar-refractivity contribution in [1.29, 1.82) is 0 Å². The Kier molecular flexibility index (Phi) is 5.86. The topological polar surface area (TPSA) is 24.5 Å². The SMILES string of the molecule is CCCN1CC[C@@H](CN[C@@H](C)c2ccc(OC)cc2)C1.